The van der Waals surface area contributed by atoms with Crippen molar-refractivity contribution in [1.82, 2.24) is 5.32 Å². The van der Waals surface area contributed by atoms with Gasteiger partial charge in [0.05, 0.1) is 6.04 Å². The third kappa shape index (κ3) is 4.79. The number of hydrogen-bond acceptors (Lipinski definition) is 2. The Labute approximate surface area is 107 Å². The van der Waals surface area contributed by atoms with Gasteiger partial charge in [-0.2, -0.15) is 0 Å². The average Bonchev–Trinajstić information content (AvgIpc) is 2.28. The largest absolute Gasteiger partial charge is 0.308 e. The zero-order valence-corrected chi connectivity index (χ0v) is 12.0. The van der Waals surface area contributed by atoms with Gasteiger partial charge in [-0.3, -0.25) is 4.79 Å². The van der Waals surface area contributed by atoms with E-state index >= 15 is 0 Å². The van der Waals surface area contributed by atoms with Gasteiger partial charge >= 0.3 is 0 Å². The number of carbonyl (C=O) groups excluding carboxylic acids is 1. The Balaban J connectivity index is 2.55. The lowest BCUT2D eigenvalue weighted by atomic mass is 9.79. The van der Waals surface area contributed by atoms with Crippen LogP contribution in [0.5, 0.6) is 0 Å². The van der Waals surface area contributed by atoms with E-state index in [0.717, 1.165) is 18.9 Å². The van der Waals surface area contributed by atoms with Gasteiger partial charge in [0.1, 0.15) is 0 Å². The van der Waals surface area contributed by atoms with Gasteiger partial charge < -0.3 is 5.32 Å². The molecule has 2 nitrogen and oxygen atoms in total. The quantitative estimate of drug-likeness (QED) is 0.795. The lowest BCUT2D eigenvalue weighted by Gasteiger charge is -2.30. The molecule has 1 N–H and O–H groups in total. The predicted molar refractivity (Wildman–Crippen MR) is 73.1 cm³/mol. The van der Waals surface area contributed by atoms with Crippen LogP contribution in [-0.4, -0.2) is 18.4 Å². The number of Topliss-reactive ketones (excluding diaryl/α,β-unsaturated/α-hetero) is 1. The van der Waals surface area contributed by atoms with Gasteiger partial charge in [-0.05, 0) is 18.9 Å². The van der Waals surface area contributed by atoms with E-state index < -0.39 is 0 Å². The molecule has 0 saturated heterocycles. The van der Waals surface area contributed by atoms with E-state index in [4.69, 9.17) is 0 Å². The van der Waals surface area contributed by atoms with Crippen LogP contribution >= 0.6 is 0 Å². The summed E-state index contributed by atoms with van der Waals surface area (Å²) in [7, 11) is 0. The summed E-state index contributed by atoms with van der Waals surface area (Å²) in [6.07, 6.45) is 7.78. The van der Waals surface area contributed by atoms with Gasteiger partial charge in [0, 0.05) is 5.41 Å². The van der Waals surface area contributed by atoms with Crippen molar-refractivity contribution < 1.29 is 4.79 Å². The Morgan fingerprint density at radius 3 is 2.29 bits per heavy atom. The Bertz CT molecular complexity index is 236. The molecule has 1 aliphatic rings. The molecule has 1 atom stereocenters. The number of hydrogen-bond donors (Lipinski definition) is 1. The number of rotatable bonds is 5. The average molecular weight is 239 g/mol. The van der Waals surface area contributed by atoms with Crippen molar-refractivity contribution in [2.24, 2.45) is 11.3 Å². The third-order valence-corrected chi connectivity index (χ3v) is 3.80. The summed E-state index contributed by atoms with van der Waals surface area (Å²) in [5.74, 6) is 1.14. The summed E-state index contributed by atoms with van der Waals surface area (Å²) in [5, 5.41) is 3.39. The lowest BCUT2D eigenvalue weighted by Crippen LogP contribution is -2.44. The summed E-state index contributed by atoms with van der Waals surface area (Å²) in [6.45, 7) is 9.06. The number of likely N-dealkylation sites (N-methyl/N-ethyl adjacent to an activating group) is 1. The smallest absolute Gasteiger partial charge is 0.155 e. The lowest BCUT2D eigenvalue weighted by molar-refractivity contribution is -0.129. The zero-order chi connectivity index (χ0) is 12.9. The maximum absolute atomic E-state index is 12.4. The molecule has 0 heterocycles. The van der Waals surface area contributed by atoms with Crippen molar-refractivity contribution in [3.63, 3.8) is 0 Å². The molecule has 0 bridgehead atoms. The normalized spacial score (nSPS) is 20.2. The molecule has 1 saturated carbocycles. The molecule has 0 aromatic heterocycles. The van der Waals surface area contributed by atoms with Crippen molar-refractivity contribution in [3.8, 4) is 0 Å². The van der Waals surface area contributed by atoms with Crippen LogP contribution in [0.4, 0.5) is 0 Å². The molecule has 1 unspecified atom stereocenters. The third-order valence-electron chi connectivity index (χ3n) is 3.80. The van der Waals surface area contributed by atoms with Crippen LogP contribution in [-0.2, 0) is 4.79 Å². The molecule has 1 fully saturated rings. The molecular formula is C15H29NO. The molecule has 2 heteroatoms. The van der Waals surface area contributed by atoms with Gasteiger partial charge in [-0.15, -0.1) is 0 Å². The van der Waals surface area contributed by atoms with Gasteiger partial charge in [-0.25, -0.2) is 0 Å². The zero-order valence-electron chi connectivity index (χ0n) is 12.0. The van der Waals surface area contributed by atoms with E-state index in [1.807, 2.05) is 20.8 Å². The van der Waals surface area contributed by atoms with Crippen molar-refractivity contribution in [2.75, 3.05) is 6.54 Å². The standard InChI is InChI=1S/C15H29NO/c1-5-16-13(14(17)15(2,3)4)11-12-9-7-6-8-10-12/h12-13,16H,5-11H2,1-4H3. The fraction of sp³-hybridized carbons (Fsp3) is 0.933. The molecule has 17 heavy (non-hydrogen) atoms. The van der Waals surface area contributed by atoms with Crippen molar-refractivity contribution in [1.29, 1.82) is 0 Å². The monoisotopic (exact) mass is 239 g/mol. The van der Waals surface area contributed by atoms with Crippen LogP contribution < -0.4 is 5.32 Å². The highest BCUT2D eigenvalue weighted by Gasteiger charge is 2.31. The fourth-order valence-electron chi connectivity index (χ4n) is 2.81. The highest BCUT2D eigenvalue weighted by molar-refractivity contribution is 5.88. The second-order valence-electron chi connectivity index (χ2n) is 6.46. The van der Waals surface area contributed by atoms with Crippen molar-refractivity contribution >= 4 is 5.78 Å². The Morgan fingerprint density at radius 1 is 1.24 bits per heavy atom. The van der Waals surface area contributed by atoms with E-state index in [0.29, 0.717) is 5.78 Å². The molecule has 0 aromatic rings. The topological polar surface area (TPSA) is 29.1 Å². The Kier molecular flexibility index (Phi) is 5.64. The minimum atomic E-state index is -0.221. The first-order chi connectivity index (χ1) is 7.95. The predicted octanol–water partition coefficient (Wildman–Crippen LogP) is 3.55. The molecule has 0 aliphatic heterocycles. The first-order valence-electron chi connectivity index (χ1n) is 7.23. The summed E-state index contributed by atoms with van der Waals surface area (Å²) in [6, 6.07) is 0.0723. The van der Waals surface area contributed by atoms with Gasteiger partial charge in [-0.1, -0.05) is 59.8 Å². The minimum absolute atomic E-state index is 0.0723. The Hall–Kier alpha value is -0.370. The maximum Gasteiger partial charge on any atom is 0.155 e. The molecule has 0 spiro atoms. The van der Waals surface area contributed by atoms with Crippen LogP contribution in [0.15, 0.2) is 0 Å². The minimum Gasteiger partial charge on any atom is -0.308 e. The number of ketones is 1. The molecule has 1 rings (SSSR count). The molecule has 0 amide bonds. The van der Waals surface area contributed by atoms with Gasteiger partial charge in [0.25, 0.3) is 0 Å². The maximum atomic E-state index is 12.4. The summed E-state index contributed by atoms with van der Waals surface area (Å²) in [5.41, 5.74) is -0.221. The fourth-order valence-corrected chi connectivity index (χ4v) is 2.81. The van der Waals surface area contributed by atoms with E-state index in [1.54, 1.807) is 0 Å². The molecule has 0 radical (unpaired) electrons. The first kappa shape index (κ1) is 14.7. The van der Waals surface area contributed by atoms with E-state index in [2.05, 4.69) is 12.2 Å². The number of carbonyl (C=O) groups is 1. The molecule has 0 aromatic carbocycles. The van der Waals surface area contributed by atoms with Crippen LogP contribution in [0.2, 0.25) is 0 Å². The van der Waals surface area contributed by atoms with E-state index in [-0.39, 0.29) is 11.5 Å². The van der Waals surface area contributed by atoms with Gasteiger partial charge in [0.2, 0.25) is 0 Å². The van der Waals surface area contributed by atoms with E-state index in [9.17, 15) is 4.79 Å². The molecular weight excluding hydrogens is 210 g/mol. The van der Waals surface area contributed by atoms with E-state index in [1.165, 1.54) is 32.1 Å². The van der Waals surface area contributed by atoms with Crippen LogP contribution in [0.25, 0.3) is 0 Å². The van der Waals surface area contributed by atoms with Crippen molar-refractivity contribution in [3.05, 3.63) is 0 Å². The summed E-state index contributed by atoms with van der Waals surface area (Å²) < 4.78 is 0. The molecule has 1 aliphatic carbocycles. The highest BCUT2D eigenvalue weighted by Crippen LogP contribution is 2.29. The van der Waals surface area contributed by atoms with Crippen LogP contribution in [0.3, 0.4) is 0 Å². The SMILES string of the molecule is CCNC(CC1CCCCC1)C(=O)C(C)(C)C. The summed E-state index contributed by atoms with van der Waals surface area (Å²) in [4.78, 5) is 12.4. The number of nitrogens with one attached hydrogen (secondary N) is 1. The highest BCUT2D eigenvalue weighted by atomic mass is 16.1. The summed E-state index contributed by atoms with van der Waals surface area (Å²) >= 11 is 0. The van der Waals surface area contributed by atoms with Crippen LogP contribution in [0, 0.1) is 11.3 Å². The first-order valence-corrected chi connectivity index (χ1v) is 7.23. The second kappa shape index (κ2) is 6.53. The second-order valence-corrected chi connectivity index (χ2v) is 6.46. The van der Waals surface area contributed by atoms with Gasteiger partial charge in [0.15, 0.2) is 5.78 Å². The molecule has 100 valence electrons. The van der Waals surface area contributed by atoms with Crippen LogP contribution in [0.1, 0.15) is 66.2 Å². The van der Waals surface area contributed by atoms with Crippen molar-refractivity contribution in [2.45, 2.75) is 72.3 Å². The Morgan fingerprint density at radius 2 is 1.82 bits per heavy atom.